The number of hydrogen-bond donors (Lipinski definition) is 10. The van der Waals surface area contributed by atoms with Crippen molar-refractivity contribution in [3.63, 3.8) is 0 Å². The van der Waals surface area contributed by atoms with Crippen LogP contribution in [0.4, 0.5) is 0 Å². The summed E-state index contributed by atoms with van der Waals surface area (Å²) in [6.45, 7) is 19.1. The average molecular weight is 1990 g/mol. The van der Waals surface area contributed by atoms with Gasteiger partial charge in [0.25, 0.3) is 0 Å². The lowest BCUT2D eigenvalue weighted by molar-refractivity contribution is -0.277. The lowest BCUT2D eigenvalue weighted by atomic mass is 9.96. The van der Waals surface area contributed by atoms with Gasteiger partial charge in [-0.2, -0.15) is 0 Å². The Balaban J connectivity index is 1.65. The molecule has 0 aromatic heterocycles. The molecule has 3 heterocycles. The van der Waals surface area contributed by atoms with Crippen molar-refractivity contribution in [1.82, 2.24) is 53.2 Å². The molecular weight excluding hydrogens is 1830 g/mol. The first kappa shape index (κ1) is 123. The zero-order valence-corrected chi connectivity index (χ0v) is 83.5. The first-order chi connectivity index (χ1) is 66.2. The molecule has 794 valence electrons. The second kappa shape index (κ2) is 71.5. The van der Waals surface area contributed by atoms with Crippen LogP contribution in [0.2, 0.25) is 0 Å². The Morgan fingerprint density at radius 3 is 0.842 bits per heavy atom. The predicted octanol–water partition coefficient (Wildman–Crippen LogP) is 2.49. The van der Waals surface area contributed by atoms with Crippen LogP contribution in [0.1, 0.15) is 257 Å². The molecule has 9 unspecified atom stereocenters. The summed E-state index contributed by atoms with van der Waals surface area (Å²) in [6.07, 6.45) is -1.42. The second-order valence-corrected chi connectivity index (χ2v) is 34.8. The number of carbonyl (C=O) groups is 18. The van der Waals surface area contributed by atoms with Crippen LogP contribution in [0, 0.1) is 5.92 Å². The fourth-order valence-corrected chi connectivity index (χ4v) is 15.1. The van der Waals surface area contributed by atoms with Gasteiger partial charge >= 0.3 is 53.7 Å². The molecule has 0 saturated carbocycles. The molecular formula is C93H156N10O36. The van der Waals surface area contributed by atoms with Gasteiger partial charge < -0.3 is 138 Å². The molecule has 3 aliphatic rings. The Bertz CT molecular complexity index is 3630. The number of amides is 9. The van der Waals surface area contributed by atoms with Gasteiger partial charge in [0.05, 0.1) is 33.0 Å². The average Bonchev–Trinajstić information content (AvgIpc) is 0.793. The molecule has 9 amide bonds. The molecule has 46 nitrogen and oxygen atoms in total. The van der Waals surface area contributed by atoms with Crippen molar-refractivity contribution < 1.29 is 172 Å². The number of rotatable bonds is 73. The molecule has 0 aromatic carbocycles. The Morgan fingerprint density at radius 2 is 0.540 bits per heavy atom. The zero-order chi connectivity index (χ0) is 103. The number of ether oxygens (including phenoxy) is 18. The van der Waals surface area contributed by atoms with E-state index in [1.807, 2.05) is 0 Å². The van der Waals surface area contributed by atoms with E-state index >= 15 is 0 Å². The predicted molar refractivity (Wildman–Crippen MR) is 491 cm³/mol. The maximum absolute atomic E-state index is 14.1. The molecule has 10 N–H and O–H groups in total. The van der Waals surface area contributed by atoms with Crippen molar-refractivity contribution in [2.75, 3.05) is 125 Å². The number of nitrogens with one attached hydrogen (secondary N) is 10. The summed E-state index contributed by atoms with van der Waals surface area (Å²) in [5.74, 6) is -9.23. The van der Waals surface area contributed by atoms with Crippen LogP contribution in [-0.2, 0) is 172 Å². The van der Waals surface area contributed by atoms with Crippen molar-refractivity contribution in [3.8, 4) is 0 Å². The summed E-state index contributed by atoms with van der Waals surface area (Å²) in [7, 11) is 0. The molecule has 46 heteroatoms. The Kier molecular flexibility index (Phi) is 63.4. The molecule has 0 aromatic rings. The Morgan fingerprint density at radius 1 is 0.273 bits per heavy atom. The number of carbonyl (C=O) groups excluding carboxylic acids is 18. The first-order valence-electron chi connectivity index (χ1n) is 48.3. The molecule has 3 rings (SSSR count). The van der Waals surface area contributed by atoms with E-state index in [1.165, 1.54) is 47.0 Å². The maximum atomic E-state index is 14.1. The SMILES string of the molecule is CC(=O)NC1C(OC(C)=O)[C@@H](OC(C)=O)C(COC(C)=O)O[C@H]1OCCCCC(=O)NCCCNCCCOCC(COCCC(=O)NCCCNC(=O)CCCCO[C@@H]1OC(COC(C)=O)[C@H](OC(C)=O)C(OC(C)=O)C1NC(C)=O)(COCCC(=O)NCCCNC(=O)CCCCO[C@@H]1OC(COC(C)=O)[C@H](OC(C)=O)C(OC(C)=O)C1NC(C)=O)NC(=O)CCCCCCCCCCC(C)C. The second-order valence-electron chi connectivity index (χ2n) is 34.8. The minimum atomic E-state index is -1.32. The van der Waals surface area contributed by atoms with Gasteiger partial charge in [-0.15, -0.1) is 0 Å². The van der Waals surface area contributed by atoms with Crippen molar-refractivity contribution >= 4 is 107 Å². The highest BCUT2D eigenvalue weighted by molar-refractivity contribution is 5.80. The number of unbranched alkanes of at least 4 members (excludes halogenated alkanes) is 10. The molecule has 0 bridgehead atoms. The highest BCUT2D eigenvalue weighted by Crippen LogP contribution is 2.32. The summed E-state index contributed by atoms with van der Waals surface area (Å²) in [6, 6.07) is -3.46. The molecule has 0 spiro atoms. The third kappa shape index (κ3) is 56.9. The Hall–Kier alpha value is -9.94. The summed E-state index contributed by atoms with van der Waals surface area (Å²) in [5, 5.41) is 28.6. The van der Waals surface area contributed by atoms with E-state index in [9.17, 15) is 86.3 Å². The lowest BCUT2D eigenvalue weighted by Gasteiger charge is -2.44. The van der Waals surface area contributed by atoms with E-state index in [1.54, 1.807) is 0 Å². The van der Waals surface area contributed by atoms with Crippen LogP contribution in [0.5, 0.6) is 0 Å². The lowest BCUT2D eigenvalue weighted by Crippen LogP contribution is -2.66. The molecule has 0 aliphatic carbocycles. The van der Waals surface area contributed by atoms with E-state index in [0.29, 0.717) is 96.2 Å². The van der Waals surface area contributed by atoms with Crippen LogP contribution >= 0.6 is 0 Å². The highest BCUT2D eigenvalue weighted by atomic mass is 16.7. The quantitative estimate of drug-likeness (QED) is 0.0237. The maximum Gasteiger partial charge on any atom is 0.303 e. The minimum absolute atomic E-state index is 0.00496. The number of esters is 9. The summed E-state index contributed by atoms with van der Waals surface area (Å²) >= 11 is 0. The summed E-state index contributed by atoms with van der Waals surface area (Å²) in [5.41, 5.74) is -1.32. The van der Waals surface area contributed by atoms with Gasteiger partial charge in [-0.25, -0.2) is 0 Å². The molecule has 3 saturated heterocycles. The normalized spacial score (nSPS) is 21.4. The standard InChI is InChI=1S/C93H156N10O36/c1-59(2)33-21-19-17-15-16-18-20-22-37-80(121)103-93(56-122-47-32-41-94-40-29-42-95-75(116)34-23-26-48-125-90-81(100-60(3)104)87(134-69(12)113)84(131-66(9)110)72(137-90)53-128-63(6)107,57-123-51-38-78(119)98-45-30-43-96-76(117)35-24-27-49-126-91-82(101-61(4)105)88(135-70(13)114)85(132-67(10)111)73(138-91)54-129-64(7)108)58-124-52-39-79(120)99-46-31-44-97-77(118)36-25-28-50-127-92-83(102-62(5)106)89(136-71(14)115)86(133-68(11)112)74(139-92)55-130-65(8)109/h59,72-74,81-92,94H,15-58H2,1-14H3,(H,95,116)(H,96,117)(H,97,118)(H,98,119)(H,99,120)(H,100,104)(H,101,105)(H,102,106)(H,103,121)/t72?,73?,74?,81?,82?,83?,84-,85-,86-,87?,88?,89?,90+,91+,92+,93?/m0/s1. The van der Waals surface area contributed by atoms with E-state index in [4.69, 9.17) is 85.3 Å². The van der Waals surface area contributed by atoms with E-state index < -0.39 is 189 Å². The van der Waals surface area contributed by atoms with Crippen molar-refractivity contribution in [3.05, 3.63) is 0 Å². The van der Waals surface area contributed by atoms with Gasteiger partial charge in [0.1, 0.15) is 61.8 Å². The fraction of sp³-hybridized carbons (Fsp3) is 0.806. The molecule has 0 radical (unpaired) electrons. The van der Waals surface area contributed by atoms with Gasteiger partial charge in [-0.05, 0) is 89.6 Å². The van der Waals surface area contributed by atoms with Gasteiger partial charge in [-0.3, -0.25) is 86.3 Å². The largest absolute Gasteiger partial charge is 0.463 e. The fourth-order valence-electron chi connectivity index (χ4n) is 15.1. The van der Waals surface area contributed by atoms with E-state index in [0.717, 1.165) is 87.5 Å². The number of hydrogen-bond acceptors (Lipinski definition) is 37. The monoisotopic (exact) mass is 1990 g/mol. The summed E-state index contributed by atoms with van der Waals surface area (Å²) < 4.78 is 103. The first-order valence-corrected chi connectivity index (χ1v) is 48.3. The summed E-state index contributed by atoms with van der Waals surface area (Å²) in [4.78, 5) is 225. The van der Waals surface area contributed by atoms with Crippen LogP contribution in [0.15, 0.2) is 0 Å². The molecule has 139 heavy (non-hydrogen) atoms. The minimum Gasteiger partial charge on any atom is -0.463 e. The van der Waals surface area contributed by atoms with Crippen LogP contribution < -0.4 is 53.2 Å². The van der Waals surface area contributed by atoms with Gasteiger partial charge in [-0.1, -0.05) is 65.2 Å². The van der Waals surface area contributed by atoms with Gasteiger partial charge in [0, 0.05) is 181 Å². The molecule has 3 fully saturated rings. The van der Waals surface area contributed by atoms with Crippen molar-refractivity contribution in [1.29, 1.82) is 0 Å². The van der Waals surface area contributed by atoms with E-state index in [-0.39, 0.29) is 160 Å². The van der Waals surface area contributed by atoms with Crippen LogP contribution in [0.3, 0.4) is 0 Å². The topological polar surface area (TPSA) is 594 Å². The van der Waals surface area contributed by atoms with Gasteiger partial charge in [0.2, 0.25) is 53.2 Å². The van der Waals surface area contributed by atoms with Crippen molar-refractivity contribution in [2.45, 2.75) is 355 Å². The smallest absolute Gasteiger partial charge is 0.303 e. The van der Waals surface area contributed by atoms with Crippen molar-refractivity contribution in [2.24, 2.45) is 5.92 Å². The Labute approximate surface area is 814 Å². The highest BCUT2D eigenvalue weighted by Gasteiger charge is 2.55. The van der Waals surface area contributed by atoms with E-state index in [2.05, 4.69) is 67.0 Å². The molecule has 15 atom stereocenters. The third-order valence-electron chi connectivity index (χ3n) is 21.4. The zero-order valence-electron chi connectivity index (χ0n) is 83.5. The van der Waals surface area contributed by atoms with Gasteiger partial charge in [0.15, 0.2) is 55.5 Å². The van der Waals surface area contributed by atoms with Crippen LogP contribution in [-0.4, -0.2) is 329 Å². The molecule has 3 aliphatic heterocycles. The van der Waals surface area contributed by atoms with Crippen LogP contribution in [0.25, 0.3) is 0 Å². The third-order valence-corrected chi connectivity index (χ3v) is 21.4.